The van der Waals surface area contributed by atoms with Gasteiger partial charge in [0.15, 0.2) is 0 Å². The van der Waals surface area contributed by atoms with Gasteiger partial charge in [-0.1, -0.05) is 0 Å². The first-order valence-electron chi connectivity index (χ1n) is 4.62. The second-order valence-corrected chi connectivity index (χ2v) is 7.20. The molecule has 8 heteroatoms. The number of aromatic amines is 1. The van der Waals surface area contributed by atoms with Gasteiger partial charge in [0.05, 0.1) is 0 Å². The first-order valence-corrected chi connectivity index (χ1v) is 11.9. The molecule has 0 saturated heterocycles. The van der Waals surface area contributed by atoms with Crippen molar-refractivity contribution < 1.29 is 17.5 Å². The molecular formula is C9H6I2N5O-. The van der Waals surface area contributed by atoms with Crippen LogP contribution in [0.4, 0.5) is 5.95 Å². The summed E-state index contributed by atoms with van der Waals surface area (Å²) in [7, 11) is 0. The van der Waals surface area contributed by atoms with Crippen LogP contribution in [0.2, 0.25) is 0 Å². The number of nitrogens with one attached hydrogen (secondary N) is 1. The molecule has 0 bridgehead atoms. The summed E-state index contributed by atoms with van der Waals surface area (Å²) in [6, 6.07) is 3.71. The molecule has 3 aromatic rings. The summed E-state index contributed by atoms with van der Waals surface area (Å²) in [4.78, 5) is 22.3. The normalized spacial score (nSPS) is 11.6. The monoisotopic (exact) mass is 454 g/mol. The predicted molar refractivity (Wildman–Crippen MR) is 69.5 cm³/mol. The third-order valence-corrected chi connectivity index (χ3v) is 6.21. The third kappa shape index (κ3) is 1.78. The molecule has 2 heterocycles. The van der Waals surface area contributed by atoms with E-state index in [1.54, 1.807) is 0 Å². The Balaban J connectivity index is 2.47. The Morgan fingerprint density at radius 2 is 2.24 bits per heavy atom. The zero-order chi connectivity index (χ0) is 12.0. The topological polar surface area (TPSA) is 89.6 Å². The molecule has 0 fully saturated rings. The molecule has 0 aliphatic heterocycles. The molecular weight excluding hydrogens is 448 g/mol. The number of aromatic nitrogens is 4. The summed E-state index contributed by atoms with van der Waals surface area (Å²) in [6.07, 6.45) is 1.28. The van der Waals surface area contributed by atoms with Gasteiger partial charge in [-0.25, -0.2) is 0 Å². The fourth-order valence-electron chi connectivity index (χ4n) is 1.67. The van der Waals surface area contributed by atoms with E-state index < -0.39 is 0 Å². The molecule has 0 atom stereocenters. The molecule has 0 aliphatic carbocycles. The van der Waals surface area contributed by atoms with Crippen molar-refractivity contribution in [1.29, 1.82) is 0 Å². The van der Waals surface area contributed by atoms with Crippen LogP contribution < -0.4 is 28.8 Å². The molecule has 0 saturated carbocycles. The van der Waals surface area contributed by atoms with E-state index in [-0.39, 0.29) is 23.1 Å². The van der Waals surface area contributed by atoms with Crippen molar-refractivity contribution in [2.75, 3.05) is 5.73 Å². The van der Waals surface area contributed by atoms with Crippen molar-refractivity contribution in [1.82, 2.24) is 17.7 Å². The van der Waals surface area contributed by atoms with Gasteiger partial charge in [0, 0.05) is 0 Å². The Bertz CT molecular complexity index is 778. The Labute approximate surface area is 115 Å². The number of hydrogen-bond acceptors (Lipinski definition) is 4. The number of halogens is 2. The van der Waals surface area contributed by atoms with Crippen molar-refractivity contribution in [3.8, 4) is 0 Å². The molecule has 0 amide bonds. The van der Waals surface area contributed by atoms with Crippen molar-refractivity contribution in [2.24, 2.45) is 0 Å². The van der Waals surface area contributed by atoms with Gasteiger partial charge in [-0.2, -0.15) is 0 Å². The minimum absolute atomic E-state index is 0.217. The van der Waals surface area contributed by atoms with Crippen molar-refractivity contribution >= 4 is 46.6 Å². The first-order chi connectivity index (χ1) is 8.19. The molecule has 3 N–H and O–H groups in total. The van der Waals surface area contributed by atoms with Crippen LogP contribution in [0, 0.1) is 0 Å². The van der Waals surface area contributed by atoms with Gasteiger partial charge in [-0.3, -0.25) is 0 Å². The number of nitrogens with zero attached hydrogens (tertiary/aromatic N) is 3. The number of benzene rings is 1. The van der Waals surface area contributed by atoms with Gasteiger partial charge in [0.1, 0.15) is 0 Å². The molecule has 0 aliphatic rings. The number of H-pyrrole nitrogens is 1. The zero-order valence-corrected chi connectivity index (χ0v) is 12.6. The number of nitrogens with two attached hydrogens (primary N) is 1. The van der Waals surface area contributed by atoms with E-state index in [1.165, 1.54) is 6.20 Å². The van der Waals surface area contributed by atoms with Crippen molar-refractivity contribution in [2.45, 2.75) is 0 Å². The maximum absolute atomic E-state index is 11.2. The van der Waals surface area contributed by atoms with Crippen LogP contribution in [-0.2, 0) is 0 Å². The van der Waals surface area contributed by atoms with Gasteiger partial charge < -0.3 is 0 Å². The summed E-state index contributed by atoms with van der Waals surface area (Å²) >= 11 is 2.09. The van der Waals surface area contributed by atoms with Gasteiger partial charge >= 0.3 is 116 Å². The average molecular weight is 454 g/mol. The van der Waals surface area contributed by atoms with Crippen LogP contribution in [0.3, 0.4) is 0 Å². The molecule has 0 spiro atoms. The van der Waals surface area contributed by atoms with E-state index in [9.17, 15) is 4.79 Å². The van der Waals surface area contributed by atoms with Gasteiger partial charge in [-0.05, 0) is 0 Å². The van der Waals surface area contributed by atoms with E-state index in [2.05, 4.69) is 33.6 Å². The molecule has 0 radical (unpaired) electrons. The van der Waals surface area contributed by atoms with E-state index in [0.29, 0.717) is 11.5 Å². The Hall–Kier alpha value is -0.910. The Morgan fingerprint density at radius 1 is 1.41 bits per heavy atom. The van der Waals surface area contributed by atoms with E-state index in [1.807, 2.05) is 14.9 Å². The van der Waals surface area contributed by atoms with Gasteiger partial charge in [0.25, 0.3) is 0 Å². The summed E-state index contributed by atoms with van der Waals surface area (Å²) in [6.45, 7) is 0. The Morgan fingerprint density at radius 3 is 3.00 bits per heavy atom. The average Bonchev–Trinajstić information content (AvgIpc) is 2.60. The zero-order valence-electron chi connectivity index (χ0n) is 8.32. The number of imidazole rings is 1. The van der Waals surface area contributed by atoms with E-state index >= 15 is 0 Å². The number of fused-ring (bicyclic) bond motifs is 2. The Kier molecular flexibility index (Phi) is 2.69. The second kappa shape index (κ2) is 4.08. The number of anilines is 1. The first kappa shape index (κ1) is 11.2. The fourth-order valence-corrected chi connectivity index (χ4v) is 5.12. The SMILES string of the molecule is Nc1nc2cc3[nH]c(=O)cnc3cc2n1[I-]I. The molecule has 3 rings (SSSR count). The summed E-state index contributed by atoms with van der Waals surface area (Å²) in [5, 5.41) is 0. The molecule has 88 valence electrons. The van der Waals surface area contributed by atoms with E-state index in [0.717, 1.165) is 16.6 Å². The number of nitrogen functional groups attached to an aromatic ring is 1. The van der Waals surface area contributed by atoms with Crippen LogP contribution in [0.1, 0.15) is 0 Å². The number of rotatable bonds is 1. The predicted octanol–water partition coefficient (Wildman–Crippen LogP) is -1.94. The van der Waals surface area contributed by atoms with Gasteiger partial charge in [0.2, 0.25) is 0 Å². The van der Waals surface area contributed by atoms with Crippen LogP contribution in [0.25, 0.3) is 22.1 Å². The van der Waals surface area contributed by atoms with Crippen molar-refractivity contribution in [3.63, 3.8) is 0 Å². The molecule has 0 unspecified atom stereocenters. The molecule has 1 aromatic carbocycles. The van der Waals surface area contributed by atoms with Crippen molar-refractivity contribution in [3.05, 3.63) is 28.7 Å². The van der Waals surface area contributed by atoms with E-state index in [4.69, 9.17) is 5.73 Å². The molecule has 17 heavy (non-hydrogen) atoms. The van der Waals surface area contributed by atoms with Crippen LogP contribution in [0.5, 0.6) is 0 Å². The summed E-state index contributed by atoms with van der Waals surface area (Å²) in [5.41, 5.74) is 8.80. The standard InChI is InChI=1S/C9H6I2N5O/c10-11-16-7-2-4-5(14-8(17)3-13-4)1-6(7)15-9(16)12/h1-3H,(H2,12,15)(H,14,17)/q-1. The summed E-state index contributed by atoms with van der Waals surface area (Å²) < 4.78 is 2.00. The van der Waals surface area contributed by atoms with Crippen LogP contribution in [-0.4, -0.2) is 17.7 Å². The maximum atomic E-state index is 11.2. The van der Waals surface area contributed by atoms with Crippen LogP contribution in [0.15, 0.2) is 23.1 Å². The quantitative estimate of drug-likeness (QED) is 0.419. The van der Waals surface area contributed by atoms with Gasteiger partial charge in [-0.15, -0.1) is 0 Å². The second-order valence-electron chi connectivity index (χ2n) is 3.42. The minimum atomic E-state index is -0.240. The summed E-state index contributed by atoms with van der Waals surface area (Å²) in [5.74, 6) is 0.514. The third-order valence-electron chi connectivity index (χ3n) is 2.38. The fraction of sp³-hybridized carbons (Fsp3) is 0. The number of hydrogen-bond donors (Lipinski definition) is 2. The molecule has 6 nitrogen and oxygen atoms in total. The van der Waals surface area contributed by atoms with Crippen LogP contribution >= 0.6 is 18.6 Å². The molecule has 2 aromatic heterocycles.